The number of aromatic nitrogens is 2. The monoisotopic (exact) mass is 362 g/mol. The number of rotatable bonds is 10. The first kappa shape index (κ1) is 19.9. The van der Waals surface area contributed by atoms with Crippen LogP contribution in [0.5, 0.6) is 0 Å². The zero-order chi connectivity index (χ0) is 18.9. The van der Waals surface area contributed by atoms with Crippen LogP contribution in [0.25, 0.3) is 10.9 Å². The lowest BCUT2D eigenvalue weighted by Gasteiger charge is -2.16. The molecule has 0 aliphatic rings. The zero-order valence-corrected chi connectivity index (χ0v) is 15.3. The number of carbonyl (C=O) groups excluding carboxylic acids is 1. The maximum atomic E-state index is 12.0. The first-order chi connectivity index (χ1) is 12.5. The Hall–Kier alpha value is -2.45. The Balaban J connectivity index is 1.84. The van der Waals surface area contributed by atoms with Crippen molar-refractivity contribution in [3.63, 3.8) is 0 Å². The number of hydrogen-bond acceptors (Lipinski definition) is 5. The largest absolute Gasteiger partial charge is 0.383 e. The SMILES string of the molecule is COCCN(C)CCCNC(=O)CCn1c(=O)[nH]c(=O)c2ccccc21. The van der Waals surface area contributed by atoms with Crippen molar-refractivity contribution >= 4 is 16.8 Å². The van der Waals surface area contributed by atoms with E-state index in [1.54, 1.807) is 31.4 Å². The molecule has 0 unspecified atom stereocenters. The van der Waals surface area contributed by atoms with Crippen molar-refractivity contribution in [2.45, 2.75) is 19.4 Å². The van der Waals surface area contributed by atoms with E-state index in [9.17, 15) is 14.4 Å². The predicted molar refractivity (Wildman–Crippen MR) is 100 cm³/mol. The van der Waals surface area contributed by atoms with Crippen molar-refractivity contribution in [3.8, 4) is 0 Å². The zero-order valence-electron chi connectivity index (χ0n) is 15.3. The summed E-state index contributed by atoms with van der Waals surface area (Å²) in [5.74, 6) is -0.119. The van der Waals surface area contributed by atoms with Gasteiger partial charge in [0.15, 0.2) is 0 Å². The number of nitrogens with zero attached hydrogens (tertiary/aromatic N) is 2. The average molecular weight is 362 g/mol. The summed E-state index contributed by atoms with van der Waals surface area (Å²) in [6.07, 6.45) is 1.02. The third-order valence-electron chi connectivity index (χ3n) is 4.18. The van der Waals surface area contributed by atoms with Crippen molar-refractivity contribution < 1.29 is 9.53 Å². The molecule has 2 aromatic rings. The minimum atomic E-state index is -0.499. The molecule has 0 bridgehead atoms. The van der Waals surface area contributed by atoms with E-state index in [1.165, 1.54) is 4.57 Å². The maximum Gasteiger partial charge on any atom is 0.328 e. The van der Waals surface area contributed by atoms with Crippen LogP contribution in [0.1, 0.15) is 12.8 Å². The minimum absolute atomic E-state index is 0.119. The number of methoxy groups -OCH3 is 1. The number of aryl methyl sites for hydroxylation is 1. The second-order valence-electron chi connectivity index (χ2n) is 6.18. The molecule has 1 heterocycles. The maximum absolute atomic E-state index is 12.0. The summed E-state index contributed by atoms with van der Waals surface area (Å²) in [6, 6.07) is 6.87. The molecule has 1 aromatic carbocycles. The molecule has 0 fully saturated rings. The van der Waals surface area contributed by atoms with Gasteiger partial charge in [-0.2, -0.15) is 0 Å². The van der Waals surface area contributed by atoms with Gasteiger partial charge in [-0.15, -0.1) is 0 Å². The highest BCUT2D eigenvalue weighted by molar-refractivity contribution is 5.78. The number of nitrogens with one attached hydrogen (secondary N) is 2. The van der Waals surface area contributed by atoms with Crippen LogP contribution in [0.2, 0.25) is 0 Å². The molecule has 0 spiro atoms. The van der Waals surface area contributed by atoms with Crippen LogP contribution >= 0.6 is 0 Å². The fraction of sp³-hybridized carbons (Fsp3) is 0.500. The molecule has 0 radical (unpaired) electrons. The van der Waals surface area contributed by atoms with Gasteiger partial charge in [-0.05, 0) is 32.1 Å². The summed E-state index contributed by atoms with van der Waals surface area (Å²) in [5, 5.41) is 3.30. The summed E-state index contributed by atoms with van der Waals surface area (Å²) < 4.78 is 6.44. The quantitative estimate of drug-likeness (QED) is 0.587. The number of aromatic amines is 1. The molecule has 1 aromatic heterocycles. The smallest absolute Gasteiger partial charge is 0.328 e. The van der Waals surface area contributed by atoms with Crippen LogP contribution in [0.3, 0.4) is 0 Å². The molecular weight excluding hydrogens is 336 g/mol. The Kier molecular flexibility index (Phi) is 7.55. The molecule has 1 amide bonds. The van der Waals surface area contributed by atoms with Gasteiger partial charge in [0.25, 0.3) is 5.56 Å². The number of ether oxygens (including phenoxy) is 1. The van der Waals surface area contributed by atoms with E-state index in [0.29, 0.717) is 24.1 Å². The van der Waals surface area contributed by atoms with Crippen LogP contribution in [-0.4, -0.2) is 60.8 Å². The van der Waals surface area contributed by atoms with E-state index in [-0.39, 0.29) is 18.9 Å². The Morgan fingerprint density at radius 1 is 1.27 bits per heavy atom. The first-order valence-corrected chi connectivity index (χ1v) is 8.69. The lowest BCUT2D eigenvalue weighted by molar-refractivity contribution is -0.121. The van der Waals surface area contributed by atoms with Crippen LogP contribution in [0.15, 0.2) is 33.9 Å². The Bertz CT molecular complexity index is 843. The summed E-state index contributed by atoms with van der Waals surface area (Å²) in [7, 11) is 3.68. The highest BCUT2D eigenvalue weighted by atomic mass is 16.5. The molecule has 0 atom stereocenters. The van der Waals surface area contributed by atoms with Gasteiger partial charge >= 0.3 is 5.69 Å². The molecule has 0 aliphatic heterocycles. The van der Waals surface area contributed by atoms with Crippen molar-refractivity contribution in [2.75, 3.05) is 40.4 Å². The van der Waals surface area contributed by atoms with Crippen molar-refractivity contribution in [1.82, 2.24) is 19.8 Å². The number of H-pyrrole nitrogens is 1. The van der Waals surface area contributed by atoms with E-state index < -0.39 is 11.2 Å². The second kappa shape index (κ2) is 9.88. The predicted octanol–water partition coefficient (Wildman–Crippen LogP) is 0.164. The van der Waals surface area contributed by atoms with Crippen LogP contribution in [-0.2, 0) is 16.1 Å². The first-order valence-electron chi connectivity index (χ1n) is 8.69. The van der Waals surface area contributed by atoms with Gasteiger partial charge < -0.3 is 15.0 Å². The third kappa shape index (κ3) is 5.53. The van der Waals surface area contributed by atoms with E-state index in [2.05, 4.69) is 15.2 Å². The Morgan fingerprint density at radius 3 is 2.81 bits per heavy atom. The summed E-state index contributed by atoms with van der Waals surface area (Å²) in [5.41, 5.74) is -0.376. The highest BCUT2D eigenvalue weighted by Gasteiger charge is 2.09. The molecule has 142 valence electrons. The van der Waals surface area contributed by atoms with Crippen LogP contribution in [0.4, 0.5) is 0 Å². The topological polar surface area (TPSA) is 96.4 Å². The molecule has 2 N–H and O–H groups in total. The highest BCUT2D eigenvalue weighted by Crippen LogP contribution is 2.07. The van der Waals surface area contributed by atoms with Crippen LogP contribution in [0, 0.1) is 0 Å². The summed E-state index contributed by atoms with van der Waals surface area (Å²) in [6.45, 7) is 3.21. The molecule has 8 heteroatoms. The van der Waals surface area contributed by atoms with Gasteiger partial charge in [0.1, 0.15) is 0 Å². The minimum Gasteiger partial charge on any atom is -0.383 e. The second-order valence-corrected chi connectivity index (χ2v) is 6.18. The number of fused-ring (bicyclic) bond motifs is 1. The van der Waals surface area contributed by atoms with Gasteiger partial charge in [-0.25, -0.2) is 4.79 Å². The molecule has 0 aliphatic carbocycles. The van der Waals surface area contributed by atoms with E-state index >= 15 is 0 Å². The van der Waals surface area contributed by atoms with Gasteiger partial charge in [-0.3, -0.25) is 19.1 Å². The number of para-hydroxylation sites is 1. The molecule has 0 saturated carbocycles. The lowest BCUT2D eigenvalue weighted by Crippen LogP contribution is -2.33. The van der Waals surface area contributed by atoms with Crippen molar-refractivity contribution in [1.29, 1.82) is 0 Å². The number of hydrogen-bond donors (Lipinski definition) is 2. The fourth-order valence-corrected chi connectivity index (χ4v) is 2.70. The summed E-state index contributed by atoms with van der Waals surface area (Å²) in [4.78, 5) is 40.3. The van der Waals surface area contributed by atoms with Gasteiger partial charge in [-0.1, -0.05) is 12.1 Å². The molecule has 26 heavy (non-hydrogen) atoms. The van der Waals surface area contributed by atoms with E-state index in [1.807, 2.05) is 7.05 Å². The van der Waals surface area contributed by atoms with Gasteiger partial charge in [0.05, 0.1) is 17.5 Å². The third-order valence-corrected chi connectivity index (χ3v) is 4.18. The Morgan fingerprint density at radius 2 is 2.04 bits per heavy atom. The number of carbonyl (C=O) groups is 1. The number of amides is 1. The average Bonchev–Trinajstić information content (AvgIpc) is 2.63. The lowest BCUT2D eigenvalue weighted by atomic mass is 10.2. The molecule has 0 saturated heterocycles. The van der Waals surface area contributed by atoms with Gasteiger partial charge in [0.2, 0.25) is 5.91 Å². The van der Waals surface area contributed by atoms with E-state index in [0.717, 1.165) is 19.5 Å². The van der Waals surface area contributed by atoms with Crippen molar-refractivity contribution in [3.05, 3.63) is 45.1 Å². The molecule has 2 rings (SSSR count). The summed E-state index contributed by atoms with van der Waals surface area (Å²) >= 11 is 0. The number of benzene rings is 1. The normalized spacial score (nSPS) is 11.2. The van der Waals surface area contributed by atoms with Crippen LogP contribution < -0.4 is 16.6 Å². The fourth-order valence-electron chi connectivity index (χ4n) is 2.70. The number of likely N-dealkylation sites (N-methyl/N-ethyl adjacent to an activating group) is 1. The van der Waals surface area contributed by atoms with Crippen molar-refractivity contribution in [2.24, 2.45) is 0 Å². The van der Waals surface area contributed by atoms with Gasteiger partial charge in [0, 0.05) is 33.2 Å². The molecular formula is C18H26N4O4. The Labute approximate surface area is 151 Å². The standard InChI is InChI=1S/C18H26N4O4/c1-21(12-13-26-2)10-5-9-19-16(23)8-11-22-15-7-4-3-6-14(15)17(24)20-18(22)25/h3-4,6-7H,5,8-13H2,1-2H3,(H,19,23)(H,20,24,25). The molecule has 8 nitrogen and oxygen atoms in total. The van der Waals surface area contributed by atoms with E-state index in [4.69, 9.17) is 4.74 Å².